The number of carbonyl (C=O) groups is 1. The first-order valence-electron chi connectivity index (χ1n) is 10.9. The number of hydrazone groups is 1. The lowest BCUT2D eigenvalue weighted by molar-refractivity contribution is 0.0955. The number of aromatic nitrogens is 1. The van der Waals surface area contributed by atoms with E-state index in [9.17, 15) is 4.79 Å². The predicted octanol–water partition coefficient (Wildman–Crippen LogP) is 5.95. The number of aromatic amines is 1. The molecule has 1 heterocycles. The summed E-state index contributed by atoms with van der Waals surface area (Å²) in [6, 6.07) is 23.5. The van der Waals surface area contributed by atoms with Gasteiger partial charge in [-0.25, -0.2) is 5.43 Å². The summed E-state index contributed by atoms with van der Waals surface area (Å²) in [6.07, 6.45) is 5.07. The van der Waals surface area contributed by atoms with Gasteiger partial charge < -0.3 is 9.72 Å². The molecule has 0 spiro atoms. The fourth-order valence-electron chi connectivity index (χ4n) is 3.73. The van der Waals surface area contributed by atoms with Gasteiger partial charge in [0.1, 0.15) is 5.75 Å². The molecule has 0 saturated heterocycles. The van der Waals surface area contributed by atoms with E-state index in [1.54, 1.807) is 25.5 Å². The molecule has 2 N–H and O–H groups in total. The molecule has 0 bridgehead atoms. The highest BCUT2D eigenvalue weighted by Gasteiger charge is 2.13. The molecule has 5 nitrogen and oxygen atoms in total. The third-order valence-corrected chi connectivity index (χ3v) is 5.50. The van der Waals surface area contributed by atoms with E-state index in [0.717, 1.165) is 52.7 Å². The van der Waals surface area contributed by atoms with E-state index >= 15 is 0 Å². The highest BCUT2D eigenvalue weighted by molar-refractivity contribution is 6.06. The maximum absolute atomic E-state index is 12.4. The number of amides is 1. The first-order chi connectivity index (χ1) is 15.7. The van der Waals surface area contributed by atoms with Gasteiger partial charge in [-0.05, 0) is 72.5 Å². The Kier molecular flexibility index (Phi) is 6.66. The number of fused-ring (bicyclic) bond motifs is 1. The van der Waals surface area contributed by atoms with Crippen LogP contribution in [0.25, 0.3) is 22.2 Å². The quantitative estimate of drug-likeness (QED) is 0.271. The molecule has 1 aromatic heterocycles. The summed E-state index contributed by atoms with van der Waals surface area (Å²) in [5, 5.41) is 5.37. The van der Waals surface area contributed by atoms with Crippen molar-refractivity contribution in [1.29, 1.82) is 0 Å². The van der Waals surface area contributed by atoms with E-state index in [1.807, 2.05) is 42.5 Å². The number of H-pyrrole nitrogens is 1. The van der Waals surface area contributed by atoms with Crippen molar-refractivity contribution in [1.82, 2.24) is 10.4 Å². The number of benzene rings is 3. The van der Waals surface area contributed by atoms with Crippen LogP contribution in [-0.4, -0.2) is 24.2 Å². The van der Waals surface area contributed by atoms with Gasteiger partial charge in [-0.1, -0.05) is 37.6 Å². The van der Waals surface area contributed by atoms with Crippen molar-refractivity contribution >= 4 is 23.0 Å². The van der Waals surface area contributed by atoms with E-state index in [2.05, 4.69) is 40.6 Å². The summed E-state index contributed by atoms with van der Waals surface area (Å²) < 4.78 is 5.30. The van der Waals surface area contributed by atoms with Crippen LogP contribution in [0.1, 0.15) is 41.3 Å². The normalized spacial score (nSPS) is 11.2. The average molecular weight is 426 g/mol. The van der Waals surface area contributed by atoms with E-state index in [0.29, 0.717) is 5.56 Å². The Morgan fingerprint density at radius 1 is 1.06 bits per heavy atom. The van der Waals surface area contributed by atoms with Gasteiger partial charge in [0, 0.05) is 22.0 Å². The minimum absolute atomic E-state index is 0.240. The van der Waals surface area contributed by atoms with E-state index in [1.165, 1.54) is 5.56 Å². The second-order valence-corrected chi connectivity index (χ2v) is 7.69. The molecule has 0 unspecified atom stereocenters. The van der Waals surface area contributed by atoms with Crippen molar-refractivity contribution in [3.63, 3.8) is 0 Å². The van der Waals surface area contributed by atoms with Gasteiger partial charge in [0.15, 0.2) is 0 Å². The van der Waals surface area contributed by atoms with Crippen molar-refractivity contribution in [3.8, 4) is 17.0 Å². The van der Waals surface area contributed by atoms with Crippen molar-refractivity contribution < 1.29 is 9.53 Å². The zero-order valence-corrected chi connectivity index (χ0v) is 18.4. The van der Waals surface area contributed by atoms with Crippen LogP contribution in [0.4, 0.5) is 0 Å². The molecule has 4 rings (SSSR count). The number of ether oxygens (including phenoxy) is 1. The lowest BCUT2D eigenvalue weighted by Gasteiger charge is -2.04. The highest BCUT2D eigenvalue weighted by Crippen LogP contribution is 2.31. The molecule has 0 aliphatic carbocycles. The van der Waals surface area contributed by atoms with Gasteiger partial charge in [0.25, 0.3) is 5.91 Å². The van der Waals surface area contributed by atoms with Crippen LogP contribution in [0.5, 0.6) is 5.75 Å². The zero-order valence-electron chi connectivity index (χ0n) is 18.4. The summed E-state index contributed by atoms with van der Waals surface area (Å²) in [7, 11) is 1.66. The molecule has 5 heteroatoms. The fraction of sp³-hybridized carbons (Fsp3) is 0.185. The van der Waals surface area contributed by atoms with Crippen LogP contribution in [0.2, 0.25) is 0 Å². The van der Waals surface area contributed by atoms with E-state index < -0.39 is 0 Å². The second kappa shape index (κ2) is 9.96. The van der Waals surface area contributed by atoms with Gasteiger partial charge in [0.2, 0.25) is 0 Å². The van der Waals surface area contributed by atoms with Crippen molar-refractivity contribution in [2.45, 2.75) is 26.2 Å². The minimum atomic E-state index is -0.240. The van der Waals surface area contributed by atoms with Gasteiger partial charge in [-0.3, -0.25) is 4.79 Å². The lowest BCUT2D eigenvalue weighted by atomic mass is 10.0. The molecule has 0 atom stereocenters. The first kappa shape index (κ1) is 21.4. The monoisotopic (exact) mass is 425 g/mol. The Balaban J connectivity index is 1.71. The molecule has 162 valence electrons. The standard InChI is InChI=1S/C27H27N3O2/c1-3-4-8-19-11-16-25-23(17-19)24(18-28-30-27(31)21-9-6-5-7-10-21)26(29-25)20-12-14-22(32-2)15-13-20/h5-7,9-18,29H,3-4,8H2,1-2H3,(H,30,31)/b28-18+. The number of nitrogens with zero attached hydrogens (tertiary/aromatic N) is 1. The molecule has 0 aliphatic rings. The Hall–Kier alpha value is -3.86. The summed E-state index contributed by atoms with van der Waals surface area (Å²) in [6.45, 7) is 2.20. The molecule has 1 amide bonds. The topological polar surface area (TPSA) is 66.5 Å². The molecular formula is C27H27N3O2. The molecule has 0 aliphatic heterocycles. The molecule has 0 fully saturated rings. The Labute approximate surface area is 188 Å². The Morgan fingerprint density at radius 2 is 1.84 bits per heavy atom. The van der Waals surface area contributed by atoms with E-state index in [-0.39, 0.29) is 5.91 Å². The smallest absolute Gasteiger partial charge is 0.271 e. The SMILES string of the molecule is CCCCc1ccc2[nH]c(-c3ccc(OC)cc3)c(/C=N/NC(=O)c3ccccc3)c2c1. The predicted molar refractivity (Wildman–Crippen MR) is 130 cm³/mol. The zero-order chi connectivity index (χ0) is 22.3. The third-order valence-electron chi connectivity index (χ3n) is 5.50. The average Bonchev–Trinajstić information content (AvgIpc) is 3.21. The molecular weight excluding hydrogens is 398 g/mol. The van der Waals surface area contributed by atoms with Crippen LogP contribution >= 0.6 is 0 Å². The van der Waals surface area contributed by atoms with Crippen molar-refractivity contribution in [2.24, 2.45) is 5.10 Å². The number of methoxy groups -OCH3 is 1. The summed E-state index contributed by atoms with van der Waals surface area (Å²) in [5.74, 6) is 0.563. The number of hydrogen-bond donors (Lipinski definition) is 2. The molecule has 4 aromatic rings. The van der Waals surface area contributed by atoms with Crippen LogP contribution in [0, 0.1) is 0 Å². The Morgan fingerprint density at radius 3 is 2.56 bits per heavy atom. The van der Waals surface area contributed by atoms with Crippen LogP contribution in [0.15, 0.2) is 77.9 Å². The lowest BCUT2D eigenvalue weighted by Crippen LogP contribution is -2.17. The fourth-order valence-corrected chi connectivity index (χ4v) is 3.73. The van der Waals surface area contributed by atoms with Crippen LogP contribution in [-0.2, 0) is 6.42 Å². The van der Waals surface area contributed by atoms with Crippen molar-refractivity contribution in [3.05, 3.63) is 89.5 Å². The maximum Gasteiger partial charge on any atom is 0.271 e. The largest absolute Gasteiger partial charge is 0.497 e. The second-order valence-electron chi connectivity index (χ2n) is 7.69. The molecule has 32 heavy (non-hydrogen) atoms. The third kappa shape index (κ3) is 4.72. The minimum Gasteiger partial charge on any atom is -0.497 e. The van der Waals surface area contributed by atoms with Crippen LogP contribution < -0.4 is 10.2 Å². The van der Waals surface area contributed by atoms with E-state index in [4.69, 9.17) is 4.74 Å². The van der Waals surface area contributed by atoms with Gasteiger partial charge >= 0.3 is 0 Å². The molecule has 0 saturated carbocycles. The molecule has 3 aromatic carbocycles. The van der Waals surface area contributed by atoms with Gasteiger partial charge in [-0.15, -0.1) is 0 Å². The molecule has 0 radical (unpaired) electrons. The number of nitrogens with one attached hydrogen (secondary N) is 2. The summed E-state index contributed by atoms with van der Waals surface area (Å²) in [5.41, 5.74) is 8.46. The van der Waals surface area contributed by atoms with Crippen LogP contribution in [0.3, 0.4) is 0 Å². The number of rotatable bonds is 8. The number of aryl methyl sites for hydroxylation is 1. The summed E-state index contributed by atoms with van der Waals surface area (Å²) >= 11 is 0. The number of carbonyl (C=O) groups excluding carboxylic acids is 1. The number of hydrogen-bond acceptors (Lipinski definition) is 3. The maximum atomic E-state index is 12.4. The van der Waals surface area contributed by atoms with Crippen molar-refractivity contribution in [2.75, 3.05) is 7.11 Å². The highest BCUT2D eigenvalue weighted by atomic mass is 16.5. The summed E-state index contributed by atoms with van der Waals surface area (Å²) in [4.78, 5) is 15.9. The van der Waals surface area contributed by atoms with Gasteiger partial charge in [-0.2, -0.15) is 5.10 Å². The Bertz CT molecular complexity index is 1230. The number of unbranched alkanes of at least 4 members (excludes halogenated alkanes) is 1. The van der Waals surface area contributed by atoms with Gasteiger partial charge in [0.05, 0.1) is 19.0 Å². The first-order valence-corrected chi connectivity index (χ1v) is 10.9.